The molecule has 1 saturated heterocycles. The van der Waals surface area contributed by atoms with Gasteiger partial charge in [0.2, 0.25) is 11.8 Å². The quantitative estimate of drug-likeness (QED) is 0.649. The van der Waals surface area contributed by atoms with E-state index in [0.29, 0.717) is 18.5 Å². The molecular formula is C11H12N2O2. The Balaban J connectivity index is 2.45. The largest absolute Gasteiger partial charge is 0.274 e. The normalized spacial score (nSPS) is 16.3. The van der Waals surface area contributed by atoms with Crippen LogP contribution in [0, 0.1) is 13.8 Å². The maximum absolute atomic E-state index is 11.5. The lowest BCUT2D eigenvalue weighted by Gasteiger charge is -2.15. The second-order valence-corrected chi connectivity index (χ2v) is 3.68. The molecule has 4 nitrogen and oxygen atoms in total. The molecule has 0 atom stereocenters. The van der Waals surface area contributed by atoms with Crippen molar-refractivity contribution in [2.45, 2.75) is 26.7 Å². The summed E-state index contributed by atoms with van der Waals surface area (Å²) in [6.07, 6.45) is 0.623. The Labute approximate surface area is 87.9 Å². The number of carbonyl (C=O) groups excluding carboxylic acids is 2. The monoisotopic (exact) mass is 204 g/mol. The highest BCUT2D eigenvalue weighted by Crippen LogP contribution is 2.24. The summed E-state index contributed by atoms with van der Waals surface area (Å²) in [6.45, 7) is 3.69. The topological polar surface area (TPSA) is 50.3 Å². The second-order valence-electron chi connectivity index (χ2n) is 3.68. The Morgan fingerprint density at radius 2 is 1.73 bits per heavy atom. The molecule has 0 spiro atoms. The molecule has 1 aromatic heterocycles. The first kappa shape index (κ1) is 9.83. The van der Waals surface area contributed by atoms with Gasteiger partial charge in [-0.1, -0.05) is 0 Å². The Kier molecular flexibility index (Phi) is 2.26. The van der Waals surface area contributed by atoms with Gasteiger partial charge in [-0.2, -0.15) is 0 Å². The third-order valence-corrected chi connectivity index (χ3v) is 2.49. The Morgan fingerprint density at radius 3 is 2.27 bits per heavy atom. The average molecular weight is 204 g/mol. The van der Waals surface area contributed by atoms with E-state index in [1.807, 2.05) is 6.92 Å². The smallest absolute Gasteiger partial charge is 0.234 e. The summed E-state index contributed by atoms with van der Waals surface area (Å²) in [7, 11) is 0. The summed E-state index contributed by atoms with van der Waals surface area (Å²) in [6, 6.07) is 3.58. The van der Waals surface area contributed by atoms with Gasteiger partial charge in [-0.05, 0) is 26.0 Å². The molecule has 2 amide bonds. The Morgan fingerprint density at radius 1 is 1.13 bits per heavy atom. The number of carbonyl (C=O) groups is 2. The number of rotatable bonds is 1. The van der Waals surface area contributed by atoms with Crippen LogP contribution in [0.2, 0.25) is 0 Å². The van der Waals surface area contributed by atoms with E-state index in [1.165, 1.54) is 4.90 Å². The first-order chi connectivity index (χ1) is 7.09. The lowest BCUT2D eigenvalue weighted by Crippen LogP contribution is -2.29. The maximum Gasteiger partial charge on any atom is 0.234 e. The highest BCUT2D eigenvalue weighted by atomic mass is 16.2. The van der Waals surface area contributed by atoms with Crippen molar-refractivity contribution in [3.8, 4) is 0 Å². The van der Waals surface area contributed by atoms with Gasteiger partial charge in [0.25, 0.3) is 0 Å². The summed E-state index contributed by atoms with van der Waals surface area (Å²) < 4.78 is 0. The van der Waals surface area contributed by atoms with E-state index in [4.69, 9.17) is 0 Å². The molecule has 15 heavy (non-hydrogen) atoms. The van der Waals surface area contributed by atoms with Crippen molar-refractivity contribution in [3.63, 3.8) is 0 Å². The maximum atomic E-state index is 11.5. The molecule has 0 aliphatic carbocycles. The number of aromatic nitrogens is 1. The van der Waals surface area contributed by atoms with Gasteiger partial charge in [-0.15, -0.1) is 0 Å². The van der Waals surface area contributed by atoms with Crippen LogP contribution in [0.1, 0.15) is 24.2 Å². The van der Waals surface area contributed by atoms with E-state index in [0.717, 1.165) is 11.4 Å². The van der Waals surface area contributed by atoms with Gasteiger partial charge < -0.3 is 0 Å². The van der Waals surface area contributed by atoms with Gasteiger partial charge in [0, 0.05) is 18.5 Å². The van der Waals surface area contributed by atoms with Crippen LogP contribution in [0.5, 0.6) is 0 Å². The van der Waals surface area contributed by atoms with E-state index in [2.05, 4.69) is 4.98 Å². The lowest BCUT2D eigenvalue weighted by atomic mass is 10.2. The molecule has 1 fully saturated rings. The third-order valence-electron chi connectivity index (χ3n) is 2.49. The van der Waals surface area contributed by atoms with Gasteiger partial charge in [0.1, 0.15) is 0 Å². The molecule has 0 unspecified atom stereocenters. The van der Waals surface area contributed by atoms with Gasteiger partial charge in [-0.25, -0.2) is 4.90 Å². The molecule has 2 rings (SSSR count). The first-order valence-electron chi connectivity index (χ1n) is 4.89. The summed E-state index contributed by atoms with van der Waals surface area (Å²) in [5.74, 6) is -0.262. The van der Waals surface area contributed by atoms with Crippen molar-refractivity contribution < 1.29 is 9.59 Å². The second kappa shape index (κ2) is 3.46. The molecule has 4 heteroatoms. The number of aryl methyl sites for hydroxylation is 2. The Bertz CT molecular complexity index is 424. The first-order valence-corrected chi connectivity index (χ1v) is 4.89. The molecule has 0 aromatic carbocycles. The standard InChI is InChI=1S/C11H12N2O2/c1-7-3-4-9(8(2)12-7)13-10(14)5-6-11(13)15/h3-4H,5-6H2,1-2H3. The zero-order valence-electron chi connectivity index (χ0n) is 8.78. The zero-order valence-corrected chi connectivity index (χ0v) is 8.78. The van der Waals surface area contributed by atoms with Crippen LogP contribution in [0.25, 0.3) is 0 Å². The van der Waals surface area contributed by atoms with Crippen molar-refractivity contribution in [1.29, 1.82) is 0 Å². The van der Waals surface area contributed by atoms with E-state index < -0.39 is 0 Å². The minimum atomic E-state index is -0.131. The minimum Gasteiger partial charge on any atom is -0.274 e. The van der Waals surface area contributed by atoms with Crippen molar-refractivity contribution >= 4 is 17.5 Å². The van der Waals surface area contributed by atoms with Crippen molar-refractivity contribution in [2.75, 3.05) is 4.90 Å². The molecule has 0 radical (unpaired) electrons. The van der Waals surface area contributed by atoms with Crippen LogP contribution >= 0.6 is 0 Å². The molecule has 1 aliphatic heterocycles. The van der Waals surface area contributed by atoms with Gasteiger partial charge >= 0.3 is 0 Å². The molecule has 1 aliphatic rings. The molecule has 1 aromatic rings. The number of amides is 2. The van der Waals surface area contributed by atoms with Crippen LogP contribution in [-0.4, -0.2) is 16.8 Å². The average Bonchev–Trinajstić information content (AvgIpc) is 2.48. The van der Waals surface area contributed by atoms with Crippen LogP contribution in [0.15, 0.2) is 12.1 Å². The lowest BCUT2D eigenvalue weighted by molar-refractivity contribution is -0.121. The number of nitrogens with zero attached hydrogens (tertiary/aromatic N) is 2. The van der Waals surface area contributed by atoms with Crippen LogP contribution in [-0.2, 0) is 9.59 Å². The highest BCUT2D eigenvalue weighted by molar-refractivity contribution is 6.20. The molecule has 2 heterocycles. The molecular weight excluding hydrogens is 192 g/mol. The molecule has 0 bridgehead atoms. The fourth-order valence-corrected chi connectivity index (χ4v) is 1.76. The van der Waals surface area contributed by atoms with E-state index in [1.54, 1.807) is 19.1 Å². The summed E-state index contributed by atoms with van der Waals surface area (Å²) in [5, 5.41) is 0. The highest BCUT2D eigenvalue weighted by Gasteiger charge is 2.31. The number of hydrogen-bond acceptors (Lipinski definition) is 3. The minimum absolute atomic E-state index is 0.131. The van der Waals surface area contributed by atoms with E-state index in [9.17, 15) is 9.59 Å². The van der Waals surface area contributed by atoms with Crippen LogP contribution in [0.4, 0.5) is 5.69 Å². The third kappa shape index (κ3) is 1.63. The zero-order chi connectivity index (χ0) is 11.0. The van der Waals surface area contributed by atoms with E-state index >= 15 is 0 Å². The van der Waals surface area contributed by atoms with Gasteiger partial charge in [0.15, 0.2) is 0 Å². The van der Waals surface area contributed by atoms with E-state index in [-0.39, 0.29) is 11.8 Å². The van der Waals surface area contributed by atoms with Gasteiger partial charge in [-0.3, -0.25) is 14.6 Å². The number of pyridine rings is 1. The van der Waals surface area contributed by atoms with Gasteiger partial charge in [0.05, 0.1) is 11.4 Å². The molecule has 0 saturated carbocycles. The summed E-state index contributed by atoms with van der Waals surface area (Å²) in [5.41, 5.74) is 2.22. The van der Waals surface area contributed by atoms with Crippen LogP contribution < -0.4 is 4.90 Å². The summed E-state index contributed by atoms with van der Waals surface area (Å²) >= 11 is 0. The Hall–Kier alpha value is -1.71. The van der Waals surface area contributed by atoms with Crippen molar-refractivity contribution in [1.82, 2.24) is 4.98 Å². The molecule has 0 N–H and O–H groups in total. The summed E-state index contributed by atoms with van der Waals surface area (Å²) in [4.78, 5) is 28.5. The number of hydrogen-bond donors (Lipinski definition) is 0. The fourth-order valence-electron chi connectivity index (χ4n) is 1.76. The molecule has 78 valence electrons. The number of anilines is 1. The predicted molar refractivity (Wildman–Crippen MR) is 55.4 cm³/mol. The number of imide groups is 1. The fraction of sp³-hybridized carbons (Fsp3) is 0.364. The SMILES string of the molecule is Cc1ccc(N2C(=O)CCC2=O)c(C)n1. The van der Waals surface area contributed by atoms with Crippen LogP contribution in [0.3, 0.4) is 0 Å². The van der Waals surface area contributed by atoms with Crippen molar-refractivity contribution in [2.24, 2.45) is 0 Å². The predicted octanol–water partition coefficient (Wildman–Crippen LogP) is 1.35. The van der Waals surface area contributed by atoms with Crippen molar-refractivity contribution in [3.05, 3.63) is 23.5 Å².